The molecule has 118 valence electrons. The molecule has 0 bridgehead atoms. The Morgan fingerprint density at radius 2 is 2.04 bits per heavy atom. The van der Waals surface area contributed by atoms with Gasteiger partial charge >= 0.3 is 0 Å². The van der Waals surface area contributed by atoms with E-state index in [1.165, 1.54) is 11.1 Å². The first kappa shape index (κ1) is 15.3. The van der Waals surface area contributed by atoms with Crippen molar-refractivity contribution in [2.45, 2.75) is 18.9 Å². The molecule has 0 saturated heterocycles. The summed E-state index contributed by atoms with van der Waals surface area (Å²) in [7, 11) is 3.52. The quantitative estimate of drug-likeness (QED) is 0.803. The van der Waals surface area contributed by atoms with Crippen LogP contribution in [0.1, 0.15) is 29.2 Å². The second-order valence-electron chi connectivity index (χ2n) is 5.81. The van der Waals surface area contributed by atoms with E-state index in [0.29, 0.717) is 0 Å². The maximum absolute atomic E-state index is 12.5. The maximum Gasteiger partial charge on any atom is 0.246 e. The molecule has 3 nitrogen and oxygen atoms in total. The van der Waals surface area contributed by atoms with Crippen LogP contribution in [0.4, 0.5) is 0 Å². The lowest BCUT2D eigenvalue weighted by atomic mass is 10.1. The van der Waals surface area contributed by atoms with Gasteiger partial charge in [-0.25, -0.2) is 0 Å². The maximum atomic E-state index is 12.5. The van der Waals surface area contributed by atoms with Crippen LogP contribution in [0.25, 0.3) is 6.08 Å². The number of fused-ring (bicyclic) bond motifs is 1. The Labute approximate surface area is 137 Å². The number of aryl methyl sites for hydroxylation is 1. The second-order valence-corrected chi connectivity index (χ2v) is 5.81. The van der Waals surface area contributed by atoms with Crippen LogP contribution in [0.2, 0.25) is 0 Å². The minimum Gasteiger partial charge on any atom is -0.497 e. The molecule has 0 unspecified atom stereocenters. The van der Waals surface area contributed by atoms with Crippen LogP contribution in [-0.4, -0.2) is 25.0 Å². The van der Waals surface area contributed by atoms with Crippen molar-refractivity contribution >= 4 is 12.0 Å². The van der Waals surface area contributed by atoms with E-state index in [4.69, 9.17) is 4.74 Å². The van der Waals surface area contributed by atoms with Gasteiger partial charge in [-0.2, -0.15) is 0 Å². The predicted molar refractivity (Wildman–Crippen MR) is 92.3 cm³/mol. The van der Waals surface area contributed by atoms with Crippen molar-refractivity contribution in [2.75, 3.05) is 14.2 Å². The summed E-state index contributed by atoms with van der Waals surface area (Å²) in [5.74, 6) is 0.812. The minimum atomic E-state index is 0.0227. The lowest BCUT2D eigenvalue weighted by molar-refractivity contribution is -0.126. The molecule has 3 heteroatoms. The zero-order valence-corrected chi connectivity index (χ0v) is 13.5. The number of carbonyl (C=O) groups excluding carboxylic acids is 1. The highest BCUT2D eigenvalue weighted by Gasteiger charge is 2.27. The van der Waals surface area contributed by atoms with Gasteiger partial charge in [-0.15, -0.1) is 0 Å². The van der Waals surface area contributed by atoms with Crippen molar-refractivity contribution in [3.63, 3.8) is 0 Å². The Morgan fingerprint density at radius 1 is 1.22 bits per heavy atom. The third kappa shape index (κ3) is 3.29. The average molecular weight is 307 g/mol. The van der Waals surface area contributed by atoms with E-state index in [1.807, 2.05) is 48.4 Å². The molecular formula is C20H21NO2. The van der Waals surface area contributed by atoms with E-state index >= 15 is 0 Å². The number of ether oxygens (including phenoxy) is 1. The summed E-state index contributed by atoms with van der Waals surface area (Å²) < 4.78 is 5.20. The summed E-state index contributed by atoms with van der Waals surface area (Å²) in [5.41, 5.74) is 3.59. The summed E-state index contributed by atoms with van der Waals surface area (Å²) in [4.78, 5) is 14.3. The highest BCUT2D eigenvalue weighted by atomic mass is 16.5. The topological polar surface area (TPSA) is 29.5 Å². The Hall–Kier alpha value is -2.55. The standard InChI is InChI=1S/C20H21NO2/c1-21(19-12-11-16-7-3-4-9-18(16)19)20(22)13-10-15-6-5-8-17(14-15)23-2/h3-10,13-14,19H,11-12H2,1-2H3/b13-10+/t19-/m1/s1. The Morgan fingerprint density at radius 3 is 2.87 bits per heavy atom. The van der Waals surface area contributed by atoms with Gasteiger partial charge in [0.05, 0.1) is 13.2 Å². The Kier molecular flexibility index (Phi) is 4.47. The number of hydrogen-bond donors (Lipinski definition) is 0. The van der Waals surface area contributed by atoms with Gasteiger partial charge in [-0.1, -0.05) is 36.4 Å². The largest absolute Gasteiger partial charge is 0.497 e. The molecule has 0 spiro atoms. The van der Waals surface area contributed by atoms with Crippen LogP contribution in [-0.2, 0) is 11.2 Å². The number of likely N-dealkylation sites (N-methyl/N-ethyl adjacent to an activating group) is 1. The van der Waals surface area contributed by atoms with Crippen molar-refractivity contribution in [2.24, 2.45) is 0 Å². The molecule has 0 aromatic heterocycles. The van der Waals surface area contributed by atoms with Crippen molar-refractivity contribution < 1.29 is 9.53 Å². The molecular weight excluding hydrogens is 286 g/mol. The minimum absolute atomic E-state index is 0.0227. The third-order valence-electron chi connectivity index (χ3n) is 4.43. The summed E-state index contributed by atoms with van der Waals surface area (Å²) >= 11 is 0. The van der Waals surface area contributed by atoms with Crippen LogP contribution in [0.5, 0.6) is 5.75 Å². The lowest BCUT2D eigenvalue weighted by Crippen LogP contribution is -2.28. The van der Waals surface area contributed by atoms with Gasteiger partial charge in [0, 0.05) is 13.1 Å². The van der Waals surface area contributed by atoms with Gasteiger partial charge in [0.25, 0.3) is 0 Å². The van der Waals surface area contributed by atoms with Crippen LogP contribution in [0.3, 0.4) is 0 Å². The number of methoxy groups -OCH3 is 1. The fraction of sp³-hybridized carbons (Fsp3) is 0.250. The van der Waals surface area contributed by atoms with Gasteiger partial charge in [0.1, 0.15) is 5.75 Å². The van der Waals surface area contributed by atoms with E-state index in [1.54, 1.807) is 13.2 Å². The Bertz CT molecular complexity index is 736. The molecule has 0 heterocycles. The van der Waals surface area contributed by atoms with Gasteiger partial charge < -0.3 is 9.64 Å². The Balaban J connectivity index is 1.72. The summed E-state index contributed by atoms with van der Waals surface area (Å²) in [6.07, 6.45) is 5.50. The number of hydrogen-bond acceptors (Lipinski definition) is 2. The molecule has 1 atom stereocenters. The zero-order chi connectivity index (χ0) is 16.2. The first-order chi connectivity index (χ1) is 11.2. The number of amides is 1. The molecule has 1 amide bonds. The number of carbonyl (C=O) groups is 1. The molecule has 0 radical (unpaired) electrons. The third-order valence-corrected chi connectivity index (χ3v) is 4.43. The van der Waals surface area contributed by atoms with E-state index in [0.717, 1.165) is 24.2 Å². The van der Waals surface area contributed by atoms with Gasteiger partial charge in [0.15, 0.2) is 0 Å². The fourth-order valence-corrected chi connectivity index (χ4v) is 3.12. The van der Waals surface area contributed by atoms with E-state index in [9.17, 15) is 4.79 Å². The molecule has 0 aliphatic heterocycles. The molecule has 1 aliphatic carbocycles. The van der Waals surface area contributed by atoms with Crippen LogP contribution in [0, 0.1) is 0 Å². The van der Waals surface area contributed by atoms with Crippen molar-refractivity contribution in [3.05, 3.63) is 71.3 Å². The molecule has 23 heavy (non-hydrogen) atoms. The van der Waals surface area contributed by atoms with E-state index < -0.39 is 0 Å². The number of benzene rings is 2. The van der Waals surface area contributed by atoms with Crippen molar-refractivity contribution in [3.8, 4) is 5.75 Å². The monoisotopic (exact) mass is 307 g/mol. The fourth-order valence-electron chi connectivity index (χ4n) is 3.12. The van der Waals surface area contributed by atoms with Crippen molar-refractivity contribution in [1.29, 1.82) is 0 Å². The SMILES string of the molecule is COc1cccc(/C=C/C(=O)N(C)[C@@H]2CCc3ccccc32)c1. The highest BCUT2D eigenvalue weighted by Crippen LogP contribution is 2.34. The number of nitrogens with zero attached hydrogens (tertiary/aromatic N) is 1. The van der Waals surface area contributed by atoms with Crippen LogP contribution >= 0.6 is 0 Å². The first-order valence-corrected chi connectivity index (χ1v) is 7.86. The second kappa shape index (κ2) is 6.69. The van der Waals surface area contributed by atoms with Gasteiger partial charge in [0.2, 0.25) is 5.91 Å². The van der Waals surface area contributed by atoms with Gasteiger partial charge in [-0.05, 0) is 47.7 Å². The summed E-state index contributed by atoms with van der Waals surface area (Å²) in [6.45, 7) is 0. The molecule has 0 saturated carbocycles. The molecule has 1 aliphatic rings. The molecule has 0 N–H and O–H groups in total. The van der Waals surface area contributed by atoms with Crippen LogP contribution in [0.15, 0.2) is 54.6 Å². The summed E-state index contributed by atoms with van der Waals surface area (Å²) in [6, 6.07) is 16.2. The van der Waals surface area contributed by atoms with E-state index in [-0.39, 0.29) is 11.9 Å². The normalized spacial score (nSPS) is 16.3. The first-order valence-electron chi connectivity index (χ1n) is 7.86. The summed E-state index contributed by atoms with van der Waals surface area (Å²) in [5, 5.41) is 0. The van der Waals surface area contributed by atoms with Crippen molar-refractivity contribution in [1.82, 2.24) is 4.90 Å². The smallest absolute Gasteiger partial charge is 0.246 e. The lowest BCUT2D eigenvalue weighted by Gasteiger charge is -2.24. The van der Waals surface area contributed by atoms with Gasteiger partial charge in [-0.3, -0.25) is 4.79 Å². The molecule has 0 fully saturated rings. The van der Waals surface area contributed by atoms with E-state index in [2.05, 4.69) is 18.2 Å². The molecule has 2 aromatic rings. The highest BCUT2D eigenvalue weighted by molar-refractivity contribution is 5.92. The zero-order valence-electron chi connectivity index (χ0n) is 13.5. The molecule has 2 aromatic carbocycles. The molecule has 3 rings (SSSR count). The van der Waals surface area contributed by atoms with Crippen LogP contribution < -0.4 is 4.74 Å². The predicted octanol–water partition coefficient (Wildman–Crippen LogP) is 3.85. The average Bonchev–Trinajstić information content (AvgIpc) is 3.03. The number of rotatable bonds is 4.